The third-order valence-corrected chi connectivity index (χ3v) is 6.21. The molecule has 1 aliphatic carbocycles. The number of hydrogen-bond acceptors (Lipinski definition) is 2. The van der Waals surface area contributed by atoms with Crippen LogP contribution in [0.1, 0.15) is 66.2 Å². The third kappa shape index (κ3) is 3.22. The maximum Gasteiger partial charge on any atom is 0.0334 e. The zero-order valence-corrected chi connectivity index (χ0v) is 14.4. The molecule has 1 saturated carbocycles. The van der Waals surface area contributed by atoms with Crippen molar-refractivity contribution in [3.63, 3.8) is 0 Å². The Bertz CT molecular complexity index is 288. The lowest BCUT2D eigenvalue weighted by atomic mass is 9.68. The maximum atomic E-state index is 3.74. The normalized spacial score (nSPS) is 36.8. The minimum atomic E-state index is 0.340. The Labute approximate surface area is 126 Å². The Morgan fingerprint density at radius 1 is 1.10 bits per heavy atom. The van der Waals surface area contributed by atoms with E-state index in [1.165, 1.54) is 51.6 Å². The largest absolute Gasteiger partial charge is 0.315 e. The van der Waals surface area contributed by atoms with Crippen molar-refractivity contribution < 1.29 is 0 Å². The molecular weight excluding hydrogens is 244 g/mol. The van der Waals surface area contributed by atoms with Gasteiger partial charge in [0, 0.05) is 11.6 Å². The zero-order chi connectivity index (χ0) is 14.8. The summed E-state index contributed by atoms with van der Waals surface area (Å²) in [6.45, 7) is 12.4. The van der Waals surface area contributed by atoms with E-state index in [0.717, 1.165) is 17.8 Å². The summed E-state index contributed by atoms with van der Waals surface area (Å²) in [5.74, 6) is 2.66. The Morgan fingerprint density at radius 3 is 2.10 bits per heavy atom. The van der Waals surface area contributed by atoms with E-state index >= 15 is 0 Å². The summed E-state index contributed by atoms with van der Waals surface area (Å²) in [7, 11) is 2.19. The number of rotatable bonds is 5. The molecule has 2 nitrogen and oxygen atoms in total. The van der Waals surface area contributed by atoms with Crippen LogP contribution in [-0.4, -0.2) is 36.6 Å². The van der Waals surface area contributed by atoms with E-state index in [1.807, 2.05) is 0 Å². The van der Waals surface area contributed by atoms with E-state index in [-0.39, 0.29) is 0 Å². The molecule has 2 aliphatic rings. The van der Waals surface area contributed by atoms with Crippen LogP contribution in [0.3, 0.4) is 0 Å². The first-order valence-corrected chi connectivity index (χ1v) is 8.93. The van der Waals surface area contributed by atoms with Gasteiger partial charge in [-0.25, -0.2) is 0 Å². The van der Waals surface area contributed by atoms with Gasteiger partial charge in [-0.1, -0.05) is 20.8 Å². The van der Waals surface area contributed by atoms with Crippen molar-refractivity contribution in [2.75, 3.05) is 20.1 Å². The van der Waals surface area contributed by atoms with Crippen LogP contribution in [0, 0.1) is 17.8 Å². The van der Waals surface area contributed by atoms with Gasteiger partial charge >= 0.3 is 0 Å². The molecule has 20 heavy (non-hydrogen) atoms. The van der Waals surface area contributed by atoms with Gasteiger partial charge in [-0.15, -0.1) is 0 Å². The molecule has 0 bridgehead atoms. The summed E-state index contributed by atoms with van der Waals surface area (Å²) in [4.78, 5) is 2.78. The fraction of sp³-hybridized carbons (Fsp3) is 1.00. The summed E-state index contributed by atoms with van der Waals surface area (Å²) >= 11 is 0. The van der Waals surface area contributed by atoms with E-state index < -0.39 is 0 Å². The van der Waals surface area contributed by atoms with Gasteiger partial charge in [0.05, 0.1) is 0 Å². The quantitative estimate of drug-likeness (QED) is 0.821. The number of nitrogens with one attached hydrogen (secondary N) is 1. The number of hydrogen-bond donors (Lipinski definition) is 1. The smallest absolute Gasteiger partial charge is 0.0334 e. The summed E-state index contributed by atoms with van der Waals surface area (Å²) in [5, 5.41) is 3.74. The maximum absolute atomic E-state index is 3.74. The van der Waals surface area contributed by atoms with Crippen LogP contribution in [0.2, 0.25) is 0 Å². The molecule has 118 valence electrons. The molecule has 1 N–H and O–H groups in total. The molecule has 0 aromatic carbocycles. The molecule has 1 aliphatic heterocycles. The lowest BCUT2D eigenvalue weighted by Gasteiger charge is -2.50. The second kappa shape index (κ2) is 6.79. The molecule has 2 rings (SSSR count). The minimum Gasteiger partial charge on any atom is -0.315 e. The molecule has 0 aromatic heterocycles. The highest BCUT2D eigenvalue weighted by Gasteiger charge is 2.43. The average molecular weight is 280 g/mol. The van der Waals surface area contributed by atoms with Gasteiger partial charge in [0.25, 0.3) is 0 Å². The summed E-state index contributed by atoms with van der Waals surface area (Å²) in [6.07, 6.45) is 8.31. The monoisotopic (exact) mass is 280 g/mol. The van der Waals surface area contributed by atoms with Crippen molar-refractivity contribution in [2.24, 2.45) is 17.8 Å². The predicted molar refractivity (Wildman–Crippen MR) is 88.0 cm³/mol. The Hall–Kier alpha value is -0.0800. The van der Waals surface area contributed by atoms with Crippen LogP contribution >= 0.6 is 0 Å². The van der Waals surface area contributed by atoms with Gasteiger partial charge in [0.2, 0.25) is 0 Å². The molecule has 4 atom stereocenters. The summed E-state index contributed by atoms with van der Waals surface area (Å²) in [6, 6.07) is 0.649. The first-order chi connectivity index (χ1) is 9.51. The van der Waals surface area contributed by atoms with E-state index in [1.54, 1.807) is 0 Å². The molecule has 4 unspecified atom stereocenters. The van der Waals surface area contributed by atoms with Crippen LogP contribution in [0.4, 0.5) is 0 Å². The topological polar surface area (TPSA) is 15.3 Å². The molecule has 2 fully saturated rings. The van der Waals surface area contributed by atoms with Crippen molar-refractivity contribution in [3.8, 4) is 0 Å². The molecular formula is C18H36N2. The van der Waals surface area contributed by atoms with Crippen molar-refractivity contribution >= 4 is 0 Å². The van der Waals surface area contributed by atoms with Crippen LogP contribution in [0.5, 0.6) is 0 Å². The fourth-order valence-corrected chi connectivity index (χ4v) is 5.20. The molecule has 0 radical (unpaired) electrons. The highest BCUT2D eigenvalue weighted by atomic mass is 15.2. The lowest BCUT2D eigenvalue weighted by molar-refractivity contribution is 0.0367. The Morgan fingerprint density at radius 2 is 1.65 bits per heavy atom. The second-order valence-electron chi connectivity index (χ2n) is 7.85. The first kappa shape index (κ1) is 16.3. The lowest BCUT2D eigenvalue weighted by Crippen LogP contribution is -2.61. The van der Waals surface area contributed by atoms with Crippen molar-refractivity contribution in [3.05, 3.63) is 0 Å². The SMILES string of the molecule is CCC(C)(C(NC)C1CC(C)CC(C)C1)N1CCCC1. The van der Waals surface area contributed by atoms with E-state index in [0.29, 0.717) is 11.6 Å². The molecule has 1 saturated heterocycles. The molecule has 2 heteroatoms. The number of likely N-dealkylation sites (N-methyl/N-ethyl adjacent to an activating group) is 1. The van der Waals surface area contributed by atoms with Crippen molar-refractivity contribution in [1.82, 2.24) is 10.2 Å². The zero-order valence-electron chi connectivity index (χ0n) is 14.4. The molecule has 0 spiro atoms. The first-order valence-electron chi connectivity index (χ1n) is 8.93. The van der Waals surface area contributed by atoms with Gasteiger partial charge in [-0.3, -0.25) is 4.90 Å². The molecule has 0 amide bonds. The van der Waals surface area contributed by atoms with Gasteiger partial charge in [0.15, 0.2) is 0 Å². The Balaban J connectivity index is 2.15. The highest BCUT2D eigenvalue weighted by molar-refractivity contribution is 5.01. The fourth-order valence-electron chi connectivity index (χ4n) is 5.20. The van der Waals surface area contributed by atoms with Crippen LogP contribution in [0.25, 0.3) is 0 Å². The molecule has 1 heterocycles. The predicted octanol–water partition coefficient (Wildman–Crippen LogP) is 3.91. The van der Waals surface area contributed by atoms with Gasteiger partial charge in [-0.05, 0) is 83.3 Å². The third-order valence-electron chi connectivity index (χ3n) is 6.21. The number of nitrogens with zero attached hydrogens (tertiary/aromatic N) is 1. The van der Waals surface area contributed by atoms with Crippen molar-refractivity contribution in [2.45, 2.75) is 77.8 Å². The average Bonchev–Trinajstić information content (AvgIpc) is 2.92. The van der Waals surface area contributed by atoms with E-state index in [4.69, 9.17) is 0 Å². The van der Waals surface area contributed by atoms with Gasteiger partial charge in [-0.2, -0.15) is 0 Å². The van der Waals surface area contributed by atoms with Crippen LogP contribution < -0.4 is 5.32 Å². The van der Waals surface area contributed by atoms with E-state index in [2.05, 4.69) is 45.0 Å². The highest BCUT2D eigenvalue weighted by Crippen LogP contribution is 2.40. The van der Waals surface area contributed by atoms with Crippen LogP contribution in [0.15, 0.2) is 0 Å². The summed E-state index contributed by atoms with van der Waals surface area (Å²) < 4.78 is 0. The Kier molecular flexibility index (Phi) is 5.53. The second-order valence-corrected chi connectivity index (χ2v) is 7.85. The van der Waals surface area contributed by atoms with Crippen molar-refractivity contribution in [1.29, 1.82) is 0 Å². The number of likely N-dealkylation sites (tertiary alicyclic amines) is 1. The van der Waals surface area contributed by atoms with Gasteiger partial charge in [0.1, 0.15) is 0 Å². The standard InChI is InChI=1S/C18H36N2/c1-6-18(4,20-9-7-8-10-20)17(19-5)16-12-14(2)11-15(3)13-16/h14-17,19H,6-13H2,1-5H3. The van der Waals surface area contributed by atoms with E-state index in [9.17, 15) is 0 Å². The molecule has 0 aromatic rings. The van der Waals surface area contributed by atoms with Gasteiger partial charge < -0.3 is 5.32 Å². The van der Waals surface area contributed by atoms with Crippen LogP contribution in [-0.2, 0) is 0 Å². The minimum absolute atomic E-state index is 0.340. The summed E-state index contributed by atoms with van der Waals surface area (Å²) in [5.41, 5.74) is 0.340.